The number of likely N-dealkylation sites (N-methyl/N-ethyl adjacent to an activating group) is 1. The van der Waals surface area contributed by atoms with E-state index in [1.54, 1.807) is 6.92 Å². The highest BCUT2D eigenvalue weighted by Gasteiger charge is 2.10. The van der Waals surface area contributed by atoms with Gasteiger partial charge in [0.1, 0.15) is 0 Å². The first-order valence-electron chi connectivity index (χ1n) is 8.96. The van der Waals surface area contributed by atoms with Gasteiger partial charge in [-0.3, -0.25) is 9.59 Å². The molecule has 1 N–H and O–H groups in total. The molecular weight excluding hydrogens is 336 g/mol. The van der Waals surface area contributed by atoms with Gasteiger partial charge in [0.25, 0.3) is 0 Å². The van der Waals surface area contributed by atoms with Crippen molar-refractivity contribution in [3.8, 4) is 0 Å². The minimum absolute atomic E-state index is 0.0566. The molecular formula is C23H24N2O2. The topological polar surface area (TPSA) is 49.4 Å². The van der Waals surface area contributed by atoms with E-state index >= 15 is 0 Å². The summed E-state index contributed by atoms with van der Waals surface area (Å²) < 4.78 is 0. The zero-order valence-corrected chi connectivity index (χ0v) is 16.2. The Morgan fingerprint density at radius 3 is 2.30 bits per heavy atom. The van der Waals surface area contributed by atoms with Crippen molar-refractivity contribution < 1.29 is 9.59 Å². The lowest BCUT2D eigenvalue weighted by atomic mass is 10.0. The van der Waals surface area contributed by atoms with E-state index in [9.17, 15) is 9.59 Å². The zero-order valence-electron chi connectivity index (χ0n) is 16.2. The largest absolute Gasteiger partial charge is 0.365 e. The SMILES string of the molecule is CC(=O)c1ccc2cc(N(C)CC(=O)Nc3ccc(C)c(C)c3)ccc2c1. The number of Topliss-reactive ketones (excluding diaryl/α,β-unsaturated/α-hetero) is 1. The van der Waals surface area contributed by atoms with Crippen LogP contribution in [0.25, 0.3) is 10.8 Å². The molecule has 27 heavy (non-hydrogen) atoms. The van der Waals surface area contributed by atoms with Crippen LogP contribution in [0.1, 0.15) is 28.4 Å². The number of nitrogens with one attached hydrogen (secondary N) is 1. The molecule has 0 bridgehead atoms. The number of fused-ring (bicyclic) bond motifs is 1. The number of aryl methyl sites for hydroxylation is 2. The molecule has 0 aliphatic carbocycles. The maximum atomic E-state index is 12.4. The van der Waals surface area contributed by atoms with Crippen molar-refractivity contribution in [3.05, 3.63) is 71.3 Å². The molecule has 0 spiro atoms. The number of carbonyl (C=O) groups excluding carboxylic acids is 2. The molecule has 0 atom stereocenters. The molecule has 0 saturated carbocycles. The third-order valence-electron chi connectivity index (χ3n) is 4.84. The fraction of sp³-hybridized carbons (Fsp3) is 0.217. The Bertz CT molecular complexity index is 1020. The molecule has 0 aliphatic rings. The summed E-state index contributed by atoms with van der Waals surface area (Å²) in [6.07, 6.45) is 0. The molecule has 0 fully saturated rings. The molecule has 3 rings (SSSR count). The number of ketones is 1. The average molecular weight is 360 g/mol. The Balaban J connectivity index is 1.72. The summed E-state index contributed by atoms with van der Waals surface area (Å²) >= 11 is 0. The summed E-state index contributed by atoms with van der Waals surface area (Å²) in [6, 6.07) is 17.6. The summed E-state index contributed by atoms with van der Waals surface area (Å²) in [5.74, 6) is -0.00566. The van der Waals surface area contributed by atoms with Crippen molar-refractivity contribution in [2.24, 2.45) is 0 Å². The molecule has 0 saturated heterocycles. The Morgan fingerprint density at radius 1 is 0.889 bits per heavy atom. The summed E-state index contributed by atoms with van der Waals surface area (Å²) in [6.45, 7) is 5.90. The number of anilines is 2. The lowest BCUT2D eigenvalue weighted by Crippen LogP contribution is -2.30. The van der Waals surface area contributed by atoms with Gasteiger partial charge in [0.05, 0.1) is 6.54 Å². The third kappa shape index (κ3) is 4.34. The standard InChI is InChI=1S/C23H24N2O2/c1-15-5-9-21(11-16(15)2)24-23(27)14-25(4)22-10-8-19-12-18(17(3)26)6-7-20(19)13-22/h5-13H,14H2,1-4H3,(H,24,27). The minimum atomic E-state index is -0.0622. The van der Waals surface area contributed by atoms with E-state index in [2.05, 4.69) is 5.32 Å². The molecule has 3 aromatic rings. The molecule has 0 aromatic heterocycles. The third-order valence-corrected chi connectivity index (χ3v) is 4.84. The van der Waals surface area contributed by atoms with E-state index in [1.165, 1.54) is 5.56 Å². The highest BCUT2D eigenvalue weighted by atomic mass is 16.2. The van der Waals surface area contributed by atoms with Gasteiger partial charge in [-0.15, -0.1) is 0 Å². The van der Waals surface area contributed by atoms with Crippen LogP contribution in [-0.2, 0) is 4.79 Å². The van der Waals surface area contributed by atoms with Crippen LogP contribution in [0.2, 0.25) is 0 Å². The van der Waals surface area contributed by atoms with Crippen molar-refractivity contribution in [3.63, 3.8) is 0 Å². The Hall–Kier alpha value is -3.14. The summed E-state index contributed by atoms with van der Waals surface area (Å²) in [7, 11) is 1.89. The van der Waals surface area contributed by atoms with Crippen LogP contribution in [-0.4, -0.2) is 25.3 Å². The molecule has 0 unspecified atom stereocenters. The quantitative estimate of drug-likeness (QED) is 0.669. The van der Waals surface area contributed by atoms with Crippen LogP contribution >= 0.6 is 0 Å². The van der Waals surface area contributed by atoms with Gasteiger partial charge in [0.15, 0.2) is 5.78 Å². The smallest absolute Gasteiger partial charge is 0.243 e. The van der Waals surface area contributed by atoms with Crippen molar-refractivity contribution in [1.82, 2.24) is 0 Å². The van der Waals surface area contributed by atoms with Crippen LogP contribution < -0.4 is 10.2 Å². The first kappa shape index (κ1) is 18.6. The Morgan fingerprint density at radius 2 is 1.59 bits per heavy atom. The Kier molecular flexibility index (Phi) is 5.26. The van der Waals surface area contributed by atoms with Crippen molar-refractivity contribution in [2.45, 2.75) is 20.8 Å². The molecule has 4 heteroatoms. The molecule has 0 radical (unpaired) electrons. The van der Waals surface area contributed by atoms with Crippen molar-refractivity contribution in [1.29, 1.82) is 0 Å². The molecule has 0 aliphatic heterocycles. The predicted molar refractivity (Wildman–Crippen MR) is 112 cm³/mol. The highest BCUT2D eigenvalue weighted by Crippen LogP contribution is 2.23. The summed E-state index contributed by atoms with van der Waals surface area (Å²) in [5.41, 5.74) is 4.83. The first-order valence-corrected chi connectivity index (χ1v) is 8.96. The lowest BCUT2D eigenvalue weighted by molar-refractivity contribution is -0.114. The second-order valence-electron chi connectivity index (χ2n) is 7.01. The van der Waals surface area contributed by atoms with E-state index in [4.69, 9.17) is 0 Å². The van der Waals surface area contributed by atoms with Crippen LogP contribution in [0.5, 0.6) is 0 Å². The van der Waals surface area contributed by atoms with E-state index in [-0.39, 0.29) is 18.2 Å². The predicted octanol–water partition coefficient (Wildman–Crippen LogP) is 4.73. The molecule has 1 amide bonds. The number of carbonyl (C=O) groups is 2. The molecule has 4 nitrogen and oxygen atoms in total. The molecule has 3 aromatic carbocycles. The van der Waals surface area contributed by atoms with Crippen LogP contribution in [0.3, 0.4) is 0 Å². The molecule has 138 valence electrons. The number of hydrogen-bond acceptors (Lipinski definition) is 3. The van der Waals surface area contributed by atoms with Crippen molar-refractivity contribution in [2.75, 3.05) is 23.8 Å². The van der Waals surface area contributed by atoms with E-state index in [0.29, 0.717) is 5.56 Å². The molecule has 0 heterocycles. The van der Waals surface area contributed by atoms with Crippen LogP contribution in [0.4, 0.5) is 11.4 Å². The maximum absolute atomic E-state index is 12.4. The summed E-state index contributed by atoms with van der Waals surface area (Å²) in [5, 5.41) is 5.00. The van der Waals surface area contributed by atoms with E-state index < -0.39 is 0 Å². The van der Waals surface area contributed by atoms with E-state index in [1.807, 2.05) is 80.4 Å². The number of hydrogen-bond donors (Lipinski definition) is 1. The van der Waals surface area contributed by atoms with Gasteiger partial charge in [-0.1, -0.05) is 24.3 Å². The number of nitrogens with zero attached hydrogens (tertiary/aromatic N) is 1. The fourth-order valence-electron chi connectivity index (χ4n) is 3.02. The van der Waals surface area contributed by atoms with Gasteiger partial charge < -0.3 is 10.2 Å². The van der Waals surface area contributed by atoms with Crippen LogP contribution in [0, 0.1) is 13.8 Å². The zero-order chi connectivity index (χ0) is 19.6. The summed E-state index contributed by atoms with van der Waals surface area (Å²) in [4.78, 5) is 25.8. The van der Waals surface area contributed by atoms with Gasteiger partial charge in [-0.05, 0) is 73.0 Å². The first-order chi connectivity index (χ1) is 12.8. The van der Waals surface area contributed by atoms with Crippen molar-refractivity contribution >= 4 is 33.8 Å². The maximum Gasteiger partial charge on any atom is 0.243 e. The number of rotatable bonds is 5. The Labute approximate surface area is 159 Å². The second kappa shape index (κ2) is 7.62. The van der Waals surface area contributed by atoms with Gasteiger partial charge in [0.2, 0.25) is 5.91 Å². The number of benzene rings is 3. The van der Waals surface area contributed by atoms with Crippen LogP contribution in [0.15, 0.2) is 54.6 Å². The highest BCUT2D eigenvalue weighted by molar-refractivity contribution is 5.99. The van der Waals surface area contributed by atoms with E-state index in [0.717, 1.165) is 27.7 Å². The second-order valence-corrected chi connectivity index (χ2v) is 7.01. The average Bonchev–Trinajstić information content (AvgIpc) is 2.63. The monoisotopic (exact) mass is 360 g/mol. The minimum Gasteiger partial charge on any atom is -0.365 e. The number of amides is 1. The van der Waals surface area contributed by atoms with Gasteiger partial charge in [-0.25, -0.2) is 0 Å². The van der Waals surface area contributed by atoms with Gasteiger partial charge >= 0.3 is 0 Å². The van der Waals surface area contributed by atoms with Gasteiger partial charge in [-0.2, -0.15) is 0 Å². The normalized spacial score (nSPS) is 10.7. The lowest BCUT2D eigenvalue weighted by Gasteiger charge is -2.19. The van der Waals surface area contributed by atoms with Gasteiger partial charge in [0, 0.05) is 24.0 Å². The fourth-order valence-corrected chi connectivity index (χ4v) is 3.02.